The van der Waals surface area contributed by atoms with Gasteiger partial charge in [0.15, 0.2) is 5.76 Å². The third-order valence-corrected chi connectivity index (χ3v) is 7.91. The number of Topliss-reactive ketones (excluding diaryl/α,β-unsaturated/α-hetero) is 1. The zero-order valence-electron chi connectivity index (χ0n) is 24.0. The van der Waals surface area contributed by atoms with Crippen LogP contribution < -0.4 is 20.1 Å². The van der Waals surface area contributed by atoms with E-state index in [1.54, 1.807) is 31.5 Å². The number of carbonyl (C=O) groups excluding carboxylic acids is 2. The van der Waals surface area contributed by atoms with Crippen LogP contribution in [0.5, 0.6) is 11.5 Å². The van der Waals surface area contributed by atoms with Gasteiger partial charge >= 0.3 is 6.03 Å². The average molecular weight is 567 g/mol. The van der Waals surface area contributed by atoms with E-state index >= 15 is 0 Å². The molecule has 6 rings (SSSR count). The number of hydrogen-bond acceptors (Lipinski definition) is 7. The van der Waals surface area contributed by atoms with E-state index < -0.39 is 0 Å². The summed E-state index contributed by atoms with van der Waals surface area (Å²) in [5.74, 6) is 1.15. The predicted molar refractivity (Wildman–Crippen MR) is 163 cm³/mol. The maximum atomic E-state index is 13.6. The summed E-state index contributed by atoms with van der Waals surface area (Å²) in [4.78, 5) is 34.7. The van der Waals surface area contributed by atoms with E-state index in [-0.39, 0.29) is 17.6 Å². The van der Waals surface area contributed by atoms with Crippen LogP contribution in [-0.2, 0) is 6.54 Å². The smallest absolute Gasteiger partial charge is 0.318 e. The van der Waals surface area contributed by atoms with Crippen molar-refractivity contribution < 1.29 is 19.1 Å². The minimum atomic E-state index is -0.364. The van der Waals surface area contributed by atoms with E-state index in [2.05, 4.69) is 43.1 Å². The molecule has 10 heteroatoms. The molecule has 2 aliphatic heterocycles. The Kier molecular flexibility index (Phi) is 7.64. The molecule has 10 nitrogen and oxygen atoms in total. The number of nitrogens with one attached hydrogen (secondary N) is 2. The molecule has 2 aromatic heterocycles. The molecule has 0 radical (unpaired) electrons. The lowest BCUT2D eigenvalue weighted by Crippen LogP contribution is -2.45. The Bertz CT molecular complexity index is 1670. The number of pyridine rings is 1. The highest BCUT2D eigenvalue weighted by molar-refractivity contribution is 6.16. The summed E-state index contributed by atoms with van der Waals surface area (Å²) < 4.78 is 14.0. The largest absolute Gasteiger partial charge is 0.497 e. The van der Waals surface area contributed by atoms with Crippen molar-refractivity contribution in [2.75, 3.05) is 59.2 Å². The quantitative estimate of drug-likeness (QED) is 0.321. The highest BCUT2D eigenvalue weighted by Gasteiger charge is 2.30. The fourth-order valence-corrected chi connectivity index (χ4v) is 5.58. The number of urea groups is 1. The van der Waals surface area contributed by atoms with Gasteiger partial charge in [-0.2, -0.15) is 0 Å². The van der Waals surface area contributed by atoms with Crippen molar-refractivity contribution in [3.05, 3.63) is 77.8 Å². The Labute approximate surface area is 244 Å². The van der Waals surface area contributed by atoms with Crippen LogP contribution in [0.25, 0.3) is 28.2 Å². The second-order valence-electron chi connectivity index (χ2n) is 10.5. The molecular weight excluding hydrogens is 532 g/mol. The van der Waals surface area contributed by atoms with Gasteiger partial charge in [0.25, 0.3) is 0 Å². The predicted octanol–water partition coefficient (Wildman–Crippen LogP) is 4.33. The lowest BCUT2D eigenvalue weighted by Gasteiger charge is -2.32. The zero-order chi connectivity index (χ0) is 29.2. The van der Waals surface area contributed by atoms with Crippen molar-refractivity contribution in [3.63, 3.8) is 0 Å². The van der Waals surface area contributed by atoms with E-state index in [4.69, 9.17) is 9.47 Å². The summed E-state index contributed by atoms with van der Waals surface area (Å²) in [5.41, 5.74) is 4.70. The molecule has 0 atom stereocenters. The Morgan fingerprint density at radius 1 is 1.10 bits per heavy atom. The Morgan fingerprint density at radius 3 is 2.67 bits per heavy atom. The molecule has 2 amide bonds. The van der Waals surface area contributed by atoms with Gasteiger partial charge in [0, 0.05) is 86.4 Å². The number of benzene rings is 2. The molecular formula is C32H34N6O4. The van der Waals surface area contributed by atoms with Crippen molar-refractivity contribution in [2.45, 2.75) is 6.54 Å². The molecule has 2 N–H and O–H groups in total. The number of methoxy groups -OCH3 is 1. The van der Waals surface area contributed by atoms with Crippen LogP contribution in [0.15, 0.2) is 66.7 Å². The van der Waals surface area contributed by atoms with Gasteiger partial charge in [-0.25, -0.2) is 4.79 Å². The molecule has 2 aromatic carbocycles. The summed E-state index contributed by atoms with van der Waals surface area (Å²) in [5, 5.41) is 6.18. The fourth-order valence-electron chi connectivity index (χ4n) is 5.58. The monoisotopic (exact) mass is 566 g/mol. The summed E-state index contributed by atoms with van der Waals surface area (Å²) in [7, 11) is 5.35. The van der Waals surface area contributed by atoms with Crippen LogP contribution in [0.2, 0.25) is 0 Å². The van der Waals surface area contributed by atoms with Crippen molar-refractivity contribution >= 4 is 34.5 Å². The number of amides is 2. The Hall–Kier alpha value is -4.67. The summed E-state index contributed by atoms with van der Waals surface area (Å²) in [6.45, 7) is 5.83. The van der Waals surface area contributed by atoms with Gasteiger partial charge in [0.05, 0.1) is 18.4 Å². The molecule has 0 unspecified atom stereocenters. The molecule has 42 heavy (non-hydrogen) atoms. The molecule has 0 bridgehead atoms. The van der Waals surface area contributed by atoms with Crippen LogP contribution in [0.3, 0.4) is 0 Å². The van der Waals surface area contributed by atoms with Crippen molar-refractivity contribution in [1.29, 1.82) is 0 Å². The lowest BCUT2D eigenvalue weighted by molar-refractivity contribution is 0.101. The van der Waals surface area contributed by atoms with Crippen molar-refractivity contribution in [3.8, 4) is 22.8 Å². The molecule has 216 valence electrons. The number of allylic oxidation sites excluding steroid dienone is 1. The number of hydrogen-bond donors (Lipinski definition) is 2. The van der Waals surface area contributed by atoms with Crippen molar-refractivity contribution in [2.24, 2.45) is 0 Å². The molecule has 0 aliphatic carbocycles. The van der Waals surface area contributed by atoms with E-state index in [1.165, 1.54) is 7.05 Å². The summed E-state index contributed by atoms with van der Waals surface area (Å²) >= 11 is 0. The number of rotatable bonds is 7. The van der Waals surface area contributed by atoms with Crippen LogP contribution in [0.1, 0.15) is 15.9 Å². The van der Waals surface area contributed by atoms with Crippen LogP contribution in [0.4, 0.5) is 10.5 Å². The highest BCUT2D eigenvalue weighted by Crippen LogP contribution is 2.40. The molecule has 1 fully saturated rings. The SMILES string of the molecule is CNC(=O)Nc1ccc2c(c1)C(=O)C(=Cc1c(-c3cccnc3)n(CCN3CCN(C)CC3)c3ccc(OC)cc13)O2. The minimum Gasteiger partial charge on any atom is -0.497 e. The summed E-state index contributed by atoms with van der Waals surface area (Å²) in [6.07, 6.45) is 5.43. The number of ether oxygens (including phenoxy) is 2. The first-order valence-corrected chi connectivity index (χ1v) is 14.0. The van der Waals surface area contributed by atoms with E-state index in [0.717, 1.165) is 72.7 Å². The van der Waals surface area contributed by atoms with Gasteiger partial charge in [-0.05, 0) is 61.7 Å². The van der Waals surface area contributed by atoms with Gasteiger partial charge in [-0.3, -0.25) is 14.7 Å². The number of likely N-dealkylation sites (N-methyl/N-ethyl adjacent to an activating group) is 1. The molecule has 2 aliphatic rings. The number of carbonyl (C=O) groups is 2. The Balaban J connectivity index is 1.45. The van der Waals surface area contributed by atoms with Gasteiger partial charge in [-0.1, -0.05) is 0 Å². The standard InChI is InChI=1S/C32H34N6O4/c1-33-32(40)35-22-6-9-28-26(17-22)31(39)29(42-28)19-25-24-18-23(41-3)7-8-27(24)38(30(25)21-5-4-10-34-20-21)16-15-37-13-11-36(2)12-14-37/h4-10,17-20H,11-16H2,1-3H3,(H2,33,35,40). The number of anilines is 1. The van der Waals surface area contributed by atoms with Crippen molar-refractivity contribution in [1.82, 2.24) is 24.7 Å². The fraction of sp³-hybridized carbons (Fsp3) is 0.281. The first-order valence-electron chi connectivity index (χ1n) is 14.0. The van der Waals surface area contributed by atoms with Crippen LogP contribution in [0, 0.1) is 0 Å². The second-order valence-corrected chi connectivity index (χ2v) is 10.5. The molecule has 1 saturated heterocycles. The number of ketones is 1. The lowest BCUT2D eigenvalue weighted by atomic mass is 10.0. The minimum absolute atomic E-state index is 0.216. The average Bonchev–Trinajstić information content (AvgIpc) is 3.50. The zero-order valence-corrected chi connectivity index (χ0v) is 24.0. The van der Waals surface area contributed by atoms with E-state index in [1.807, 2.05) is 36.5 Å². The van der Waals surface area contributed by atoms with Gasteiger partial charge < -0.3 is 29.6 Å². The molecule has 4 aromatic rings. The maximum Gasteiger partial charge on any atom is 0.318 e. The van der Waals surface area contributed by atoms with Crippen LogP contribution in [-0.4, -0.2) is 85.1 Å². The summed E-state index contributed by atoms with van der Waals surface area (Å²) in [6, 6.07) is 14.7. The van der Waals surface area contributed by atoms with Gasteiger partial charge in [0.2, 0.25) is 5.78 Å². The second kappa shape index (κ2) is 11.7. The molecule has 0 spiro atoms. The van der Waals surface area contributed by atoms with E-state index in [9.17, 15) is 9.59 Å². The Morgan fingerprint density at radius 2 is 1.93 bits per heavy atom. The third-order valence-electron chi connectivity index (χ3n) is 7.91. The normalized spacial score (nSPS) is 16.5. The first-order chi connectivity index (χ1) is 20.4. The molecule has 4 heterocycles. The number of aromatic nitrogens is 2. The number of nitrogens with zero attached hydrogens (tertiary/aromatic N) is 4. The first kappa shape index (κ1) is 27.5. The highest BCUT2D eigenvalue weighted by atomic mass is 16.5. The third kappa shape index (κ3) is 5.34. The topological polar surface area (TPSA) is 101 Å². The number of piperazine rings is 1. The van der Waals surface area contributed by atoms with E-state index in [0.29, 0.717) is 17.0 Å². The molecule has 0 saturated carbocycles. The van der Waals surface area contributed by atoms with Gasteiger partial charge in [-0.15, -0.1) is 0 Å². The van der Waals surface area contributed by atoms with Gasteiger partial charge in [0.1, 0.15) is 11.5 Å². The maximum absolute atomic E-state index is 13.6. The van der Waals surface area contributed by atoms with Crippen LogP contribution >= 0.6 is 0 Å². The number of fused-ring (bicyclic) bond motifs is 2.